The van der Waals surface area contributed by atoms with Crippen LogP contribution in [0.1, 0.15) is 11.1 Å². The molecule has 0 fully saturated rings. The standard InChI is InChI=1S/C16H14N/c1-2-6-14(7-3-1)12-15-9-10-16-8-4-5-11-17(16)13-15/h1-11,13H,12H2/q+1. The fraction of sp³-hybridized carbons (Fsp3) is 0.0625. The SMILES string of the molecule is c1ccc(Cc2ccc3cccc[n+]3c2)cc1. The van der Waals surface area contributed by atoms with Crippen molar-refractivity contribution >= 4 is 5.52 Å². The highest BCUT2D eigenvalue weighted by atomic mass is 14.8. The zero-order chi connectivity index (χ0) is 11.5. The summed E-state index contributed by atoms with van der Waals surface area (Å²) in [7, 11) is 0. The summed E-state index contributed by atoms with van der Waals surface area (Å²) in [5.74, 6) is 0. The number of hydrogen-bond donors (Lipinski definition) is 0. The zero-order valence-corrected chi connectivity index (χ0v) is 9.58. The van der Waals surface area contributed by atoms with Crippen molar-refractivity contribution in [2.24, 2.45) is 0 Å². The summed E-state index contributed by atoms with van der Waals surface area (Å²) in [6.45, 7) is 0. The third-order valence-electron chi connectivity index (χ3n) is 2.95. The number of hydrogen-bond acceptors (Lipinski definition) is 0. The van der Waals surface area contributed by atoms with E-state index in [9.17, 15) is 0 Å². The van der Waals surface area contributed by atoms with E-state index in [1.54, 1.807) is 0 Å². The molecule has 0 atom stereocenters. The summed E-state index contributed by atoms with van der Waals surface area (Å²) in [5.41, 5.74) is 3.91. The number of benzene rings is 1. The summed E-state index contributed by atoms with van der Waals surface area (Å²) < 4.78 is 2.16. The van der Waals surface area contributed by atoms with E-state index in [2.05, 4.69) is 77.5 Å². The number of pyridine rings is 2. The Kier molecular flexibility index (Phi) is 2.59. The van der Waals surface area contributed by atoms with Crippen molar-refractivity contribution < 1.29 is 4.40 Å². The quantitative estimate of drug-likeness (QED) is 0.585. The molecule has 2 heterocycles. The molecule has 0 aliphatic heterocycles. The van der Waals surface area contributed by atoms with E-state index in [0.717, 1.165) is 6.42 Å². The molecule has 0 unspecified atom stereocenters. The maximum absolute atomic E-state index is 2.20. The van der Waals surface area contributed by atoms with Gasteiger partial charge in [0, 0.05) is 30.2 Å². The van der Waals surface area contributed by atoms with Crippen LogP contribution in [0.25, 0.3) is 5.52 Å². The van der Waals surface area contributed by atoms with Crippen molar-refractivity contribution in [3.05, 3.63) is 84.2 Å². The van der Waals surface area contributed by atoms with Crippen molar-refractivity contribution in [1.29, 1.82) is 0 Å². The second-order valence-corrected chi connectivity index (χ2v) is 4.23. The minimum absolute atomic E-state index is 0.985. The third-order valence-corrected chi connectivity index (χ3v) is 2.95. The Morgan fingerprint density at radius 2 is 1.53 bits per heavy atom. The summed E-state index contributed by atoms with van der Waals surface area (Å²) in [6, 6.07) is 21.2. The van der Waals surface area contributed by atoms with E-state index in [-0.39, 0.29) is 0 Å². The van der Waals surface area contributed by atoms with Crippen LogP contribution in [-0.2, 0) is 6.42 Å². The minimum atomic E-state index is 0.985. The van der Waals surface area contributed by atoms with Crippen molar-refractivity contribution in [3.8, 4) is 0 Å². The van der Waals surface area contributed by atoms with Gasteiger partial charge in [0.05, 0.1) is 0 Å². The van der Waals surface area contributed by atoms with E-state index in [1.807, 2.05) is 0 Å². The van der Waals surface area contributed by atoms with E-state index >= 15 is 0 Å². The predicted octanol–water partition coefficient (Wildman–Crippen LogP) is 3.02. The normalized spacial score (nSPS) is 10.6. The van der Waals surface area contributed by atoms with Gasteiger partial charge in [0.25, 0.3) is 0 Å². The van der Waals surface area contributed by atoms with Crippen LogP contribution in [0.3, 0.4) is 0 Å². The van der Waals surface area contributed by atoms with Gasteiger partial charge in [0.2, 0.25) is 5.52 Å². The predicted molar refractivity (Wildman–Crippen MR) is 68.9 cm³/mol. The summed E-state index contributed by atoms with van der Waals surface area (Å²) >= 11 is 0. The number of nitrogens with zero attached hydrogens (tertiary/aromatic N) is 1. The van der Waals surface area contributed by atoms with Crippen molar-refractivity contribution in [1.82, 2.24) is 0 Å². The molecule has 0 bridgehead atoms. The van der Waals surface area contributed by atoms with Gasteiger partial charge in [0.1, 0.15) is 0 Å². The lowest BCUT2D eigenvalue weighted by atomic mass is 10.1. The molecular formula is C16H14N+. The highest BCUT2D eigenvalue weighted by molar-refractivity contribution is 5.39. The number of fused-ring (bicyclic) bond motifs is 1. The maximum atomic E-state index is 2.20. The van der Waals surface area contributed by atoms with Crippen LogP contribution in [0.5, 0.6) is 0 Å². The van der Waals surface area contributed by atoms with Gasteiger partial charge in [0.15, 0.2) is 12.4 Å². The van der Waals surface area contributed by atoms with Crippen molar-refractivity contribution in [3.63, 3.8) is 0 Å². The van der Waals surface area contributed by atoms with Crippen LogP contribution < -0.4 is 4.40 Å². The first-order valence-electron chi connectivity index (χ1n) is 5.85. The Balaban J connectivity index is 1.96. The molecule has 82 valence electrons. The minimum Gasteiger partial charge on any atom is -0.167 e. The first-order valence-corrected chi connectivity index (χ1v) is 5.85. The summed E-state index contributed by atoms with van der Waals surface area (Å²) in [4.78, 5) is 0. The lowest BCUT2D eigenvalue weighted by Gasteiger charge is -1.99. The van der Waals surface area contributed by atoms with Gasteiger partial charge in [-0.2, -0.15) is 4.40 Å². The topological polar surface area (TPSA) is 4.10 Å². The fourth-order valence-electron chi connectivity index (χ4n) is 2.08. The van der Waals surface area contributed by atoms with Gasteiger partial charge in [-0.05, 0) is 17.7 Å². The van der Waals surface area contributed by atoms with Gasteiger partial charge >= 0.3 is 0 Å². The average Bonchev–Trinajstić information content (AvgIpc) is 2.40. The van der Waals surface area contributed by atoms with Gasteiger partial charge in [-0.3, -0.25) is 0 Å². The molecule has 3 aromatic rings. The monoisotopic (exact) mass is 220 g/mol. The van der Waals surface area contributed by atoms with E-state index in [4.69, 9.17) is 0 Å². The Labute approximate surface area is 101 Å². The van der Waals surface area contributed by atoms with E-state index in [0.29, 0.717) is 0 Å². The molecule has 0 N–H and O–H groups in total. The molecule has 1 aromatic carbocycles. The summed E-state index contributed by atoms with van der Waals surface area (Å²) in [6.07, 6.45) is 5.27. The molecule has 0 aliphatic rings. The molecule has 0 saturated heterocycles. The van der Waals surface area contributed by atoms with E-state index < -0.39 is 0 Å². The molecule has 3 rings (SSSR count). The maximum Gasteiger partial charge on any atom is 0.210 e. The molecule has 0 amide bonds. The van der Waals surface area contributed by atoms with Gasteiger partial charge in [-0.1, -0.05) is 30.3 Å². The van der Waals surface area contributed by atoms with Crippen LogP contribution in [0.15, 0.2) is 73.1 Å². The molecular weight excluding hydrogens is 206 g/mol. The molecule has 17 heavy (non-hydrogen) atoms. The lowest BCUT2D eigenvalue weighted by molar-refractivity contribution is -0.512. The molecule has 0 spiro atoms. The average molecular weight is 220 g/mol. The van der Waals surface area contributed by atoms with Crippen LogP contribution in [0.4, 0.5) is 0 Å². The number of aromatic nitrogens is 1. The van der Waals surface area contributed by atoms with Crippen molar-refractivity contribution in [2.45, 2.75) is 6.42 Å². The molecule has 0 aliphatic carbocycles. The Morgan fingerprint density at radius 1 is 0.706 bits per heavy atom. The second-order valence-electron chi connectivity index (χ2n) is 4.23. The highest BCUT2D eigenvalue weighted by Crippen LogP contribution is 2.08. The first kappa shape index (κ1) is 10.0. The molecule has 1 heteroatoms. The molecule has 0 radical (unpaired) electrons. The molecule has 2 aromatic heterocycles. The van der Waals surface area contributed by atoms with Crippen LogP contribution >= 0.6 is 0 Å². The Morgan fingerprint density at radius 3 is 2.41 bits per heavy atom. The third kappa shape index (κ3) is 2.18. The Bertz CT molecular complexity index is 629. The Hall–Kier alpha value is -2.15. The zero-order valence-electron chi connectivity index (χ0n) is 9.58. The first-order chi connectivity index (χ1) is 8.42. The smallest absolute Gasteiger partial charge is 0.167 e. The van der Waals surface area contributed by atoms with Crippen LogP contribution in [0, 0.1) is 0 Å². The molecule has 0 saturated carbocycles. The highest BCUT2D eigenvalue weighted by Gasteiger charge is 2.03. The van der Waals surface area contributed by atoms with E-state index in [1.165, 1.54) is 16.6 Å². The number of rotatable bonds is 2. The molecule has 1 nitrogen and oxygen atoms in total. The lowest BCUT2D eigenvalue weighted by Crippen LogP contribution is -2.20. The fourth-order valence-corrected chi connectivity index (χ4v) is 2.08. The largest absolute Gasteiger partial charge is 0.210 e. The second kappa shape index (κ2) is 4.38. The van der Waals surface area contributed by atoms with Crippen LogP contribution in [0.2, 0.25) is 0 Å². The van der Waals surface area contributed by atoms with Gasteiger partial charge < -0.3 is 0 Å². The van der Waals surface area contributed by atoms with Gasteiger partial charge in [-0.25, -0.2) is 0 Å². The van der Waals surface area contributed by atoms with Gasteiger partial charge in [-0.15, -0.1) is 0 Å². The summed E-state index contributed by atoms with van der Waals surface area (Å²) in [5, 5.41) is 0. The van der Waals surface area contributed by atoms with Crippen LogP contribution in [-0.4, -0.2) is 0 Å². The van der Waals surface area contributed by atoms with Crippen molar-refractivity contribution in [2.75, 3.05) is 0 Å².